The number of methoxy groups -OCH3 is 1. The van der Waals surface area contributed by atoms with Crippen LogP contribution in [0, 0.1) is 5.82 Å². The number of nitrogens with one attached hydrogen (secondary N) is 2. The Labute approximate surface area is 178 Å². The molecule has 1 unspecified atom stereocenters. The Morgan fingerprint density at radius 3 is 2.59 bits per heavy atom. The molecule has 0 saturated carbocycles. The molecular weight excluding hydrogens is 488 g/mol. The van der Waals surface area contributed by atoms with Crippen LogP contribution < -0.4 is 15.4 Å². The fourth-order valence-electron chi connectivity index (χ4n) is 2.09. The monoisotopic (exact) mass is 517 g/mol. The minimum atomic E-state index is -3.02. The molecule has 2 N–H and O–H groups in total. The molecule has 0 heterocycles. The highest BCUT2D eigenvalue weighted by Gasteiger charge is 2.11. The molecule has 0 aromatic heterocycles. The third kappa shape index (κ3) is 10.7. The van der Waals surface area contributed by atoms with E-state index in [1.807, 2.05) is 13.8 Å². The molecule has 27 heavy (non-hydrogen) atoms. The zero-order chi connectivity index (χ0) is 19.6. The number of rotatable bonds is 10. The van der Waals surface area contributed by atoms with E-state index >= 15 is 0 Å². The van der Waals surface area contributed by atoms with Crippen LogP contribution in [0.1, 0.15) is 25.5 Å². The third-order valence-corrected chi connectivity index (χ3v) is 4.39. The molecule has 10 heteroatoms. The summed E-state index contributed by atoms with van der Waals surface area (Å²) in [6.45, 7) is 5.36. The average Bonchev–Trinajstić information content (AvgIpc) is 2.56. The van der Waals surface area contributed by atoms with Crippen LogP contribution >= 0.6 is 24.0 Å². The van der Waals surface area contributed by atoms with Gasteiger partial charge in [-0.2, -0.15) is 0 Å². The molecule has 0 aliphatic rings. The van der Waals surface area contributed by atoms with E-state index in [9.17, 15) is 12.8 Å². The molecule has 0 fully saturated rings. The van der Waals surface area contributed by atoms with E-state index in [2.05, 4.69) is 15.6 Å². The third-order valence-electron chi connectivity index (χ3n) is 3.48. The highest BCUT2D eigenvalue weighted by atomic mass is 127. The SMILES string of the molecule is CCNC(=NCCOCCS(C)(=O)=O)NC(C)c1ccc(OC)c(F)c1.I. The summed E-state index contributed by atoms with van der Waals surface area (Å²) in [5.74, 6) is 0.352. The highest BCUT2D eigenvalue weighted by Crippen LogP contribution is 2.21. The van der Waals surface area contributed by atoms with Crippen LogP contribution in [-0.4, -0.2) is 59.8 Å². The lowest BCUT2D eigenvalue weighted by Gasteiger charge is -2.18. The lowest BCUT2D eigenvalue weighted by molar-refractivity contribution is 0.157. The molecule has 0 aliphatic carbocycles. The van der Waals surface area contributed by atoms with Gasteiger partial charge < -0.3 is 20.1 Å². The molecule has 0 amide bonds. The van der Waals surface area contributed by atoms with Crippen molar-refractivity contribution in [2.45, 2.75) is 19.9 Å². The fraction of sp³-hybridized carbons (Fsp3) is 0.588. The van der Waals surface area contributed by atoms with Crippen molar-refractivity contribution in [3.8, 4) is 5.75 Å². The van der Waals surface area contributed by atoms with Crippen molar-refractivity contribution in [3.63, 3.8) is 0 Å². The van der Waals surface area contributed by atoms with Crippen molar-refractivity contribution in [1.29, 1.82) is 0 Å². The van der Waals surface area contributed by atoms with Crippen molar-refractivity contribution >= 4 is 39.8 Å². The second-order valence-electron chi connectivity index (χ2n) is 5.76. The second kappa shape index (κ2) is 13.1. The number of hydrogen-bond donors (Lipinski definition) is 2. The van der Waals surface area contributed by atoms with Crippen molar-refractivity contribution in [3.05, 3.63) is 29.6 Å². The number of aliphatic imine (C=N–C) groups is 1. The van der Waals surface area contributed by atoms with Gasteiger partial charge in [-0.3, -0.25) is 4.99 Å². The topological polar surface area (TPSA) is 89.0 Å². The maximum atomic E-state index is 13.8. The molecule has 0 saturated heterocycles. The lowest BCUT2D eigenvalue weighted by Crippen LogP contribution is -2.39. The smallest absolute Gasteiger partial charge is 0.191 e. The van der Waals surface area contributed by atoms with Crippen LogP contribution in [0.25, 0.3) is 0 Å². The lowest BCUT2D eigenvalue weighted by atomic mass is 10.1. The van der Waals surface area contributed by atoms with Gasteiger partial charge in [0.05, 0.1) is 38.7 Å². The number of hydrogen-bond acceptors (Lipinski definition) is 5. The molecule has 0 aliphatic heterocycles. The molecular formula is C17H29FIN3O4S. The first kappa shape index (κ1) is 25.9. The van der Waals surface area contributed by atoms with Crippen molar-refractivity contribution in [1.82, 2.24) is 10.6 Å². The zero-order valence-electron chi connectivity index (χ0n) is 16.1. The Morgan fingerprint density at radius 2 is 2.04 bits per heavy atom. The van der Waals surface area contributed by atoms with Gasteiger partial charge in [-0.1, -0.05) is 6.07 Å². The summed E-state index contributed by atoms with van der Waals surface area (Å²) >= 11 is 0. The number of benzene rings is 1. The molecule has 156 valence electrons. The molecule has 1 atom stereocenters. The van der Waals surface area contributed by atoms with E-state index in [0.717, 1.165) is 5.56 Å². The molecule has 1 aromatic carbocycles. The Morgan fingerprint density at radius 1 is 1.33 bits per heavy atom. The summed E-state index contributed by atoms with van der Waals surface area (Å²) in [6, 6.07) is 4.63. The van der Waals surface area contributed by atoms with Crippen LogP contribution in [0.2, 0.25) is 0 Å². The van der Waals surface area contributed by atoms with Crippen LogP contribution in [0.4, 0.5) is 4.39 Å². The Bertz CT molecular complexity index is 701. The summed E-state index contributed by atoms with van der Waals surface area (Å²) in [5, 5.41) is 6.30. The van der Waals surface area contributed by atoms with E-state index < -0.39 is 15.7 Å². The van der Waals surface area contributed by atoms with Gasteiger partial charge in [-0.15, -0.1) is 24.0 Å². The quantitative estimate of drug-likeness (QED) is 0.214. The van der Waals surface area contributed by atoms with Crippen LogP contribution in [0.3, 0.4) is 0 Å². The number of guanidine groups is 1. The fourth-order valence-corrected chi connectivity index (χ4v) is 2.52. The van der Waals surface area contributed by atoms with Gasteiger partial charge >= 0.3 is 0 Å². The molecule has 0 radical (unpaired) electrons. The van der Waals surface area contributed by atoms with Gasteiger partial charge in [-0.25, -0.2) is 12.8 Å². The first-order chi connectivity index (χ1) is 12.3. The van der Waals surface area contributed by atoms with Crippen LogP contribution in [-0.2, 0) is 14.6 Å². The summed E-state index contributed by atoms with van der Waals surface area (Å²) < 4.78 is 46.1. The predicted molar refractivity (Wildman–Crippen MR) is 116 cm³/mol. The van der Waals surface area contributed by atoms with Gasteiger partial charge in [0.2, 0.25) is 0 Å². The van der Waals surface area contributed by atoms with E-state index in [1.54, 1.807) is 12.1 Å². The summed E-state index contributed by atoms with van der Waals surface area (Å²) in [6.07, 6.45) is 1.17. The highest BCUT2D eigenvalue weighted by molar-refractivity contribution is 14.0. The first-order valence-electron chi connectivity index (χ1n) is 8.40. The van der Waals surface area contributed by atoms with Crippen LogP contribution in [0.5, 0.6) is 5.75 Å². The second-order valence-corrected chi connectivity index (χ2v) is 8.02. The minimum absolute atomic E-state index is 0. The summed E-state index contributed by atoms with van der Waals surface area (Å²) in [4.78, 5) is 4.37. The molecule has 1 aromatic rings. The number of ether oxygens (including phenoxy) is 2. The van der Waals surface area contributed by atoms with Gasteiger partial charge in [-0.05, 0) is 31.5 Å². The summed E-state index contributed by atoms with van der Waals surface area (Å²) in [5.41, 5.74) is 0.762. The number of sulfone groups is 1. The zero-order valence-corrected chi connectivity index (χ0v) is 19.3. The van der Waals surface area contributed by atoms with Gasteiger partial charge in [0.25, 0.3) is 0 Å². The average molecular weight is 517 g/mol. The van der Waals surface area contributed by atoms with Crippen LogP contribution in [0.15, 0.2) is 23.2 Å². The molecule has 0 bridgehead atoms. The van der Waals surface area contributed by atoms with E-state index in [4.69, 9.17) is 9.47 Å². The minimum Gasteiger partial charge on any atom is -0.494 e. The first-order valence-corrected chi connectivity index (χ1v) is 10.5. The number of halogens is 2. The number of nitrogens with zero attached hydrogens (tertiary/aromatic N) is 1. The standard InChI is InChI=1S/C17H28FN3O4S.HI/c1-5-19-17(20-8-9-25-10-11-26(4,22)23)21-13(2)14-6-7-16(24-3)15(18)12-14;/h6-7,12-13H,5,8-11H2,1-4H3,(H2,19,20,21);1H. The Hall–Kier alpha value is -1.14. The van der Waals surface area contributed by atoms with Gasteiger partial charge in [0.1, 0.15) is 9.84 Å². The molecule has 1 rings (SSSR count). The predicted octanol–water partition coefficient (Wildman–Crippen LogP) is 2.13. The van der Waals surface area contributed by atoms with Gasteiger partial charge in [0.15, 0.2) is 17.5 Å². The maximum Gasteiger partial charge on any atom is 0.191 e. The van der Waals surface area contributed by atoms with E-state index in [0.29, 0.717) is 25.7 Å². The molecule has 0 spiro atoms. The van der Waals surface area contributed by atoms with Crippen molar-refractivity contribution < 1.29 is 22.3 Å². The van der Waals surface area contributed by atoms with E-state index in [-0.39, 0.29) is 48.1 Å². The van der Waals surface area contributed by atoms with E-state index in [1.165, 1.54) is 19.4 Å². The van der Waals surface area contributed by atoms with Crippen molar-refractivity contribution in [2.24, 2.45) is 4.99 Å². The van der Waals surface area contributed by atoms with Crippen molar-refractivity contribution in [2.75, 3.05) is 45.4 Å². The Kier molecular flexibility index (Phi) is 12.6. The van der Waals surface area contributed by atoms with Gasteiger partial charge in [0, 0.05) is 12.8 Å². The summed E-state index contributed by atoms with van der Waals surface area (Å²) in [7, 11) is -1.59. The normalized spacial score (nSPS) is 12.9. The maximum absolute atomic E-state index is 13.8. The molecule has 7 nitrogen and oxygen atoms in total. The largest absolute Gasteiger partial charge is 0.494 e. The Balaban J connectivity index is 0.00000676.